The van der Waals surface area contributed by atoms with Crippen LogP contribution in [0, 0.1) is 0 Å². The Morgan fingerprint density at radius 3 is 2.58 bits per heavy atom. The Labute approximate surface area is 149 Å². The van der Waals surface area contributed by atoms with Gasteiger partial charge in [-0.1, -0.05) is 43.0 Å². The smallest absolute Gasteiger partial charge is 0.252 e. The Morgan fingerprint density at radius 1 is 1.08 bits per heavy atom. The first-order valence-corrected chi connectivity index (χ1v) is 8.07. The Morgan fingerprint density at radius 2 is 1.81 bits per heavy atom. The fraction of sp³-hybridized carbons (Fsp3) is 0.0476. The summed E-state index contributed by atoms with van der Waals surface area (Å²) >= 11 is 0. The molecular formula is C21H15NO4. The maximum absolute atomic E-state index is 12.7. The van der Waals surface area contributed by atoms with Gasteiger partial charge < -0.3 is 14.8 Å². The summed E-state index contributed by atoms with van der Waals surface area (Å²) in [6, 6.07) is 14.6. The molecule has 1 amide bonds. The molecule has 1 aliphatic carbocycles. The Hall–Kier alpha value is -3.60. The van der Waals surface area contributed by atoms with Gasteiger partial charge in [0.05, 0.1) is 6.54 Å². The number of carbonyl (C=O) groups is 1. The van der Waals surface area contributed by atoms with E-state index in [1.807, 2.05) is 36.4 Å². The van der Waals surface area contributed by atoms with E-state index >= 15 is 0 Å². The SMILES string of the molecule is C=C1c2ccccc2-c2cccc(C(=O)NCc3cc(=O)c(O)co3)c21. The molecule has 0 radical (unpaired) electrons. The molecule has 3 aromatic rings. The van der Waals surface area contributed by atoms with Crippen LogP contribution in [0.1, 0.15) is 27.2 Å². The molecule has 5 nitrogen and oxygen atoms in total. The van der Waals surface area contributed by atoms with Gasteiger partial charge in [-0.15, -0.1) is 0 Å². The topological polar surface area (TPSA) is 79.5 Å². The summed E-state index contributed by atoms with van der Waals surface area (Å²) in [5.41, 5.74) is 4.67. The van der Waals surface area contributed by atoms with E-state index in [2.05, 4.69) is 11.9 Å². The van der Waals surface area contributed by atoms with E-state index in [-0.39, 0.29) is 18.2 Å². The second kappa shape index (κ2) is 6.04. The molecule has 1 heterocycles. The summed E-state index contributed by atoms with van der Waals surface area (Å²) in [7, 11) is 0. The average molecular weight is 345 g/mol. The predicted octanol–water partition coefficient (Wildman–Crippen LogP) is 3.32. The first-order chi connectivity index (χ1) is 12.6. The van der Waals surface area contributed by atoms with Crippen LogP contribution in [0.15, 0.2) is 70.6 Å². The van der Waals surface area contributed by atoms with E-state index in [1.54, 1.807) is 6.07 Å². The number of rotatable bonds is 3. The minimum Gasteiger partial charge on any atom is -0.502 e. The number of hydrogen-bond acceptors (Lipinski definition) is 4. The van der Waals surface area contributed by atoms with Crippen LogP contribution in [0.3, 0.4) is 0 Å². The Balaban J connectivity index is 1.63. The highest BCUT2D eigenvalue weighted by Gasteiger charge is 2.26. The van der Waals surface area contributed by atoms with Crippen molar-refractivity contribution in [3.8, 4) is 16.9 Å². The van der Waals surface area contributed by atoms with Crippen molar-refractivity contribution in [2.75, 3.05) is 0 Å². The lowest BCUT2D eigenvalue weighted by Crippen LogP contribution is -2.24. The summed E-state index contributed by atoms with van der Waals surface area (Å²) < 4.78 is 5.11. The number of nitrogens with one attached hydrogen (secondary N) is 1. The minimum atomic E-state index is -0.551. The number of benzene rings is 2. The zero-order valence-electron chi connectivity index (χ0n) is 13.8. The summed E-state index contributed by atoms with van der Waals surface area (Å²) in [5, 5.41) is 12.0. The Kier molecular flexibility index (Phi) is 3.69. The summed E-state index contributed by atoms with van der Waals surface area (Å²) in [6.07, 6.45) is 0.961. The number of carbonyl (C=O) groups excluding carboxylic acids is 1. The zero-order chi connectivity index (χ0) is 18.3. The van der Waals surface area contributed by atoms with Gasteiger partial charge in [-0.05, 0) is 28.3 Å². The van der Waals surface area contributed by atoms with Gasteiger partial charge in [0.15, 0.2) is 5.75 Å². The van der Waals surface area contributed by atoms with Crippen molar-refractivity contribution in [1.82, 2.24) is 5.32 Å². The third-order valence-electron chi connectivity index (χ3n) is 4.44. The van der Waals surface area contributed by atoms with Crippen molar-refractivity contribution in [1.29, 1.82) is 0 Å². The zero-order valence-corrected chi connectivity index (χ0v) is 13.8. The van der Waals surface area contributed by atoms with E-state index in [4.69, 9.17) is 4.42 Å². The lowest BCUT2D eigenvalue weighted by atomic mass is 9.98. The molecule has 0 atom stereocenters. The molecule has 2 N–H and O–H groups in total. The number of fused-ring (bicyclic) bond motifs is 3. The van der Waals surface area contributed by atoms with Gasteiger partial charge in [0, 0.05) is 17.2 Å². The van der Waals surface area contributed by atoms with Gasteiger partial charge in [-0.25, -0.2) is 0 Å². The first kappa shape index (κ1) is 15.9. The molecule has 26 heavy (non-hydrogen) atoms. The lowest BCUT2D eigenvalue weighted by Gasteiger charge is -2.10. The molecule has 0 unspecified atom stereocenters. The molecule has 0 aliphatic heterocycles. The second-order valence-electron chi connectivity index (χ2n) is 6.03. The van der Waals surface area contributed by atoms with Crippen molar-refractivity contribution in [2.24, 2.45) is 0 Å². The highest BCUT2D eigenvalue weighted by molar-refractivity contribution is 6.09. The first-order valence-electron chi connectivity index (χ1n) is 8.07. The van der Waals surface area contributed by atoms with Crippen molar-refractivity contribution in [3.63, 3.8) is 0 Å². The van der Waals surface area contributed by atoms with Gasteiger partial charge in [0.1, 0.15) is 12.0 Å². The van der Waals surface area contributed by atoms with Gasteiger partial charge in [0.25, 0.3) is 5.91 Å². The Bertz CT molecular complexity index is 1110. The molecule has 0 spiro atoms. The van der Waals surface area contributed by atoms with Crippen LogP contribution in [0.5, 0.6) is 5.75 Å². The molecule has 0 bridgehead atoms. The largest absolute Gasteiger partial charge is 0.502 e. The number of amides is 1. The fourth-order valence-electron chi connectivity index (χ4n) is 3.21. The summed E-state index contributed by atoms with van der Waals surface area (Å²) in [5.74, 6) is -0.489. The molecule has 0 fully saturated rings. The van der Waals surface area contributed by atoms with Crippen LogP contribution in [0.4, 0.5) is 0 Å². The molecule has 1 aliphatic rings. The summed E-state index contributed by atoms with van der Waals surface area (Å²) in [6.45, 7) is 4.19. The highest BCUT2D eigenvalue weighted by Crippen LogP contribution is 2.44. The van der Waals surface area contributed by atoms with Crippen molar-refractivity contribution in [2.45, 2.75) is 6.54 Å². The predicted molar refractivity (Wildman–Crippen MR) is 97.8 cm³/mol. The maximum Gasteiger partial charge on any atom is 0.252 e. The highest BCUT2D eigenvalue weighted by atomic mass is 16.4. The molecule has 128 valence electrons. The van der Waals surface area contributed by atoms with Crippen molar-refractivity contribution in [3.05, 3.63) is 94.0 Å². The number of aromatic hydroxyl groups is 1. The van der Waals surface area contributed by atoms with Crippen LogP contribution >= 0.6 is 0 Å². The normalized spacial score (nSPS) is 11.8. The van der Waals surface area contributed by atoms with Crippen LogP contribution in [0.25, 0.3) is 16.7 Å². The number of hydrogen-bond donors (Lipinski definition) is 2. The standard InChI is InChI=1S/C21H15NO4/c1-12-14-5-2-3-6-15(14)16-7-4-8-17(20(12)16)21(25)22-10-13-9-18(23)19(24)11-26-13/h2-9,11,24H,1,10H2,(H,22,25). The lowest BCUT2D eigenvalue weighted by molar-refractivity contribution is 0.0947. The molecule has 1 aromatic heterocycles. The third-order valence-corrected chi connectivity index (χ3v) is 4.44. The van der Waals surface area contributed by atoms with Crippen LogP contribution < -0.4 is 10.7 Å². The van der Waals surface area contributed by atoms with Crippen LogP contribution in [0.2, 0.25) is 0 Å². The molecule has 0 saturated heterocycles. The van der Waals surface area contributed by atoms with Crippen molar-refractivity contribution < 1.29 is 14.3 Å². The van der Waals surface area contributed by atoms with E-state index < -0.39 is 11.2 Å². The fourth-order valence-corrected chi connectivity index (χ4v) is 3.21. The second-order valence-corrected chi connectivity index (χ2v) is 6.03. The summed E-state index contributed by atoms with van der Waals surface area (Å²) in [4.78, 5) is 24.1. The molecule has 5 heteroatoms. The third kappa shape index (κ3) is 2.50. The van der Waals surface area contributed by atoms with E-state index in [0.29, 0.717) is 5.56 Å². The van der Waals surface area contributed by atoms with Gasteiger partial charge >= 0.3 is 0 Å². The van der Waals surface area contributed by atoms with E-state index in [1.165, 1.54) is 0 Å². The van der Waals surface area contributed by atoms with E-state index in [0.717, 1.165) is 40.2 Å². The van der Waals surface area contributed by atoms with E-state index in [9.17, 15) is 14.7 Å². The van der Waals surface area contributed by atoms with Crippen molar-refractivity contribution >= 4 is 11.5 Å². The van der Waals surface area contributed by atoms with Gasteiger partial charge in [0.2, 0.25) is 5.43 Å². The van der Waals surface area contributed by atoms with Gasteiger partial charge in [-0.2, -0.15) is 0 Å². The monoisotopic (exact) mass is 345 g/mol. The molecular weight excluding hydrogens is 330 g/mol. The van der Waals surface area contributed by atoms with Gasteiger partial charge in [-0.3, -0.25) is 9.59 Å². The minimum absolute atomic E-state index is 0.0391. The molecule has 4 rings (SSSR count). The molecule has 2 aromatic carbocycles. The molecule has 0 saturated carbocycles. The van der Waals surface area contributed by atoms with Crippen LogP contribution in [-0.2, 0) is 6.54 Å². The quantitative estimate of drug-likeness (QED) is 0.597. The van der Waals surface area contributed by atoms with Crippen LogP contribution in [-0.4, -0.2) is 11.0 Å². The maximum atomic E-state index is 12.7. The average Bonchev–Trinajstić information content (AvgIpc) is 2.95.